The molecule has 2 N–H and O–H groups in total. The van der Waals surface area contributed by atoms with E-state index in [0.29, 0.717) is 22.5 Å². The first-order chi connectivity index (χ1) is 13.9. The zero-order valence-electron chi connectivity index (χ0n) is 18.8. The van der Waals surface area contributed by atoms with Crippen LogP contribution in [-0.2, 0) is 10.4 Å². The van der Waals surface area contributed by atoms with Crippen molar-refractivity contribution in [3.63, 3.8) is 0 Å². The summed E-state index contributed by atoms with van der Waals surface area (Å²) in [7, 11) is -2.61. The number of hydrogen-bond acceptors (Lipinski definition) is 4. The molecule has 0 bridgehead atoms. The minimum absolute atomic E-state index is 0.400. The van der Waals surface area contributed by atoms with Crippen molar-refractivity contribution in [2.75, 3.05) is 12.4 Å². The zero-order valence-corrected chi connectivity index (χ0v) is 15.8. The summed E-state index contributed by atoms with van der Waals surface area (Å²) in [4.78, 5) is 17.0. The lowest BCUT2D eigenvalue weighted by atomic mass is 9.92. The van der Waals surface area contributed by atoms with Gasteiger partial charge in [-0.2, -0.15) is 5.26 Å². The summed E-state index contributed by atoms with van der Waals surface area (Å²) in [6.45, 7) is 7.15. The lowest BCUT2D eigenvalue weighted by Gasteiger charge is -2.27. The Bertz CT molecular complexity index is 1010. The molecule has 0 atom stereocenters. The van der Waals surface area contributed by atoms with Gasteiger partial charge in [-0.1, -0.05) is 29.4 Å². The molecule has 0 aliphatic carbocycles. The van der Waals surface area contributed by atoms with Crippen LogP contribution in [0.2, 0.25) is 0 Å². The summed E-state index contributed by atoms with van der Waals surface area (Å²) >= 11 is 0. The molecule has 2 aromatic rings. The fourth-order valence-electron chi connectivity index (χ4n) is 2.59. The van der Waals surface area contributed by atoms with E-state index in [9.17, 15) is 4.79 Å². The van der Waals surface area contributed by atoms with Gasteiger partial charge in [0.05, 0.1) is 27.0 Å². The number of oxime groups is 1. The maximum absolute atomic E-state index is 12.5. The van der Waals surface area contributed by atoms with Gasteiger partial charge in [-0.05, 0) is 62.6 Å². The molecule has 0 radical (unpaired) electrons. The van der Waals surface area contributed by atoms with Gasteiger partial charge < -0.3 is 15.5 Å². The summed E-state index contributed by atoms with van der Waals surface area (Å²) in [5.41, 5.74) is 2.97. The first kappa shape index (κ1) is 15.9. The highest BCUT2D eigenvalue weighted by Gasteiger charge is 2.23. The minimum Gasteiger partial charge on any atom is -0.399 e. The number of urea groups is 1. The van der Waals surface area contributed by atoms with Crippen LogP contribution in [0.25, 0.3) is 0 Å². The Balaban J connectivity index is 2.15. The van der Waals surface area contributed by atoms with Gasteiger partial charge >= 0.3 is 6.03 Å². The molecule has 0 heterocycles. The van der Waals surface area contributed by atoms with E-state index in [1.54, 1.807) is 37.3 Å². The molecule has 2 amide bonds. The van der Waals surface area contributed by atoms with Crippen molar-refractivity contribution >= 4 is 17.4 Å². The number of nitrogens with one attached hydrogen (secondary N) is 2. The van der Waals surface area contributed by atoms with Gasteiger partial charge in [0.1, 0.15) is 7.04 Å². The first-order valence-electron chi connectivity index (χ1n) is 9.85. The number of anilines is 1. The first-order valence-corrected chi connectivity index (χ1v) is 8.35. The van der Waals surface area contributed by atoms with Crippen LogP contribution in [0, 0.1) is 18.3 Å². The van der Waals surface area contributed by atoms with E-state index < -0.39 is 18.6 Å². The number of rotatable bonds is 5. The lowest BCUT2D eigenvalue weighted by molar-refractivity contribution is 0.213. The molecule has 0 aromatic heterocycles. The summed E-state index contributed by atoms with van der Waals surface area (Å²) in [6.07, 6.45) is 0. The van der Waals surface area contributed by atoms with Gasteiger partial charge in [0.2, 0.25) is 0 Å². The van der Waals surface area contributed by atoms with Crippen LogP contribution in [0.5, 0.6) is 0 Å². The van der Waals surface area contributed by atoms with Crippen molar-refractivity contribution in [1.29, 1.82) is 5.26 Å². The van der Waals surface area contributed by atoms with Gasteiger partial charge in [-0.3, -0.25) is 0 Å². The zero-order chi connectivity index (χ0) is 22.5. The monoisotopic (exact) mass is 367 g/mol. The van der Waals surface area contributed by atoms with Crippen molar-refractivity contribution in [3.05, 3.63) is 64.7 Å². The Morgan fingerprint density at radius 1 is 1.30 bits per heavy atom. The number of hydrogen-bond donors (Lipinski definition) is 2. The second-order valence-corrected chi connectivity index (χ2v) is 6.69. The molecular formula is C21H24N4O2. The Morgan fingerprint density at radius 3 is 2.78 bits per heavy atom. The third-order valence-corrected chi connectivity index (χ3v) is 4.23. The highest BCUT2D eigenvalue weighted by molar-refractivity contribution is 5.98. The number of carbonyl (C=O) groups is 1. The van der Waals surface area contributed by atoms with Crippen LogP contribution < -0.4 is 10.6 Å². The molecule has 0 aliphatic heterocycles. The normalized spacial score (nSPS) is 13.6. The number of aryl methyl sites for hydroxylation is 1. The highest BCUT2D eigenvalue weighted by Crippen LogP contribution is 2.22. The molecule has 0 saturated carbocycles. The number of nitrogens with zero attached hydrogens (tertiary/aromatic N) is 2. The average molecular weight is 367 g/mol. The maximum atomic E-state index is 12.5. The molecule has 0 spiro atoms. The van der Waals surface area contributed by atoms with Gasteiger partial charge in [0, 0.05) is 5.69 Å². The molecule has 6 nitrogen and oxygen atoms in total. The van der Waals surface area contributed by atoms with Gasteiger partial charge in [0.15, 0.2) is 0 Å². The topological polar surface area (TPSA) is 86.5 Å². The van der Waals surface area contributed by atoms with E-state index in [2.05, 4.69) is 26.7 Å². The van der Waals surface area contributed by atoms with E-state index in [4.69, 9.17) is 9.37 Å². The maximum Gasteiger partial charge on any atom is 0.319 e. The van der Waals surface area contributed by atoms with Crippen molar-refractivity contribution in [3.8, 4) is 6.07 Å². The van der Waals surface area contributed by atoms with Crippen LogP contribution in [0.15, 0.2) is 47.6 Å². The Kier molecular flexibility index (Phi) is 4.92. The standard InChI is InChI=1S/C21H24N4O2/c1-14-9-10-19(12-17(14)13-22)23-20(26)24-21(3,4)18-8-6-7-16(11-18)15(2)25-27-5/h6-12H,1-5H3,(H2,23,24,26)/b25-15+/i5D3. The van der Waals surface area contributed by atoms with Gasteiger partial charge in [0.25, 0.3) is 0 Å². The second-order valence-electron chi connectivity index (χ2n) is 6.69. The van der Waals surface area contributed by atoms with E-state index in [-0.39, 0.29) is 0 Å². The summed E-state index contributed by atoms with van der Waals surface area (Å²) in [5.74, 6) is 0. The van der Waals surface area contributed by atoms with Crippen molar-refractivity contribution in [1.82, 2.24) is 5.32 Å². The van der Waals surface area contributed by atoms with Crippen molar-refractivity contribution in [2.24, 2.45) is 5.16 Å². The number of amides is 2. The number of nitriles is 1. The summed E-state index contributed by atoms with van der Waals surface area (Å²) in [5, 5.41) is 18.4. The van der Waals surface area contributed by atoms with Crippen LogP contribution in [0.4, 0.5) is 10.5 Å². The molecular weight excluding hydrogens is 340 g/mol. The molecule has 2 rings (SSSR count). The Labute approximate surface area is 164 Å². The molecule has 2 aromatic carbocycles. The summed E-state index contributed by atoms with van der Waals surface area (Å²) < 4.78 is 21.2. The predicted octanol–water partition coefficient (Wildman–Crippen LogP) is 4.29. The van der Waals surface area contributed by atoms with E-state index >= 15 is 0 Å². The van der Waals surface area contributed by atoms with E-state index in [1.165, 1.54) is 0 Å². The van der Waals surface area contributed by atoms with E-state index in [0.717, 1.165) is 11.1 Å². The average Bonchev–Trinajstić information content (AvgIpc) is 2.66. The molecule has 0 aliphatic rings. The predicted molar refractivity (Wildman–Crippen MR) is 107 cm³/mol. The Morgan fingerprint density at radius 2 is 2.07 bits per heavy atom. The number of benzene rings is 2. The van der Waals surface area contributed by atoms with Crippen LogP contribution >= 0.6 is 0 Å². The lowest BCUT2D eigenvalue weighted by Crippen LogP contribution is -2.43. The fourth-order valence-corrected chi connectivity index (χ4v) is 2.59. The third-order valence-electron chi connectivity index (χ3n) is 4.23. The molecule has 27 heavy (non-hydrogen) atoms. The van der Waals surface area contributed by atoms with Crippen LogP contribution in [-0.4, -0.2) is 18.8 Å². The van der Waals surface area contributed by atoms with Crippen LogP contribution in [0.3, 0.4) is 0 Å². The fraction of sp³-hybridized carbons (Fsp3) is 0.286. The minimum atomic E-state index is -2.61. The van der Waals surface area contributed by atoms with Crippen LogP contribution in [0.1, 0.15) is 47.1 Å². The Hall–Kier alpha value is -3.33. The summed E-state index contributed by atoms with van der Waals surface area (Å²) in [6, 6.07) is 14.0. The van der Waals surface area contributed by atoms with Crippen molar-refractivity contribution < 1.29 is 13.7 Å². The molecule has 0 saturated heterocycles. The smallest absolute Gasteiger partial charge is 0.319 e. The molecule has 0 unspecified atom stereocenters. The van der Waals surface area contributed by atoms with Crippen molar-refractivity contribution in [2.45, 2.75) is 33.2 Å². The quantitative estimate of drug-likeness (QED) is 0.610. The highest BCUT2D eigenvalue weighted by atomic mass is 16.6. The second kappa shape index (κ2) is 8.37. The molecule has 6 heteroatoms. The van der Waals surface area contributed by atoms with Gasteiger partial charge in [-0.25, -0.2) is 4.79 Å². The number of carbonyl (C=O) groups excluding carboxylic acids is 1. The molecule has 140 valence electrons. The largest absolute Gasteiger partial charge is 0.399 e. The molecule has 0 fully saturated rings. The van der Waals surface area contributed by atoms with E-state index in [1.807, 2.05) is 32.9 Å². The SMILES string of the molecule is [2H]C([2H])([2H])O/N=C(\C)c1cccc(C(C)(C)NC(=O)Nc2ccc(C)c(C#N)c2)c1. The third kappa shape index (κ3) is 5.08. The van der Waals surface area contributed by atoms with Gasteiger partial charge in [-0.15, -0.1) is 0 Å².